The molecule has 0 aliphatic heterocycles. The zero-order chi connectivity index (χ0) is 11.4. The lowest BCUT2D eigenvalue weighted by Crippen LogP contribution is -2.19. The molecule has 0 amide bonds. The molecule has 1 aromatic rings. The summed E-state index contributed by atoms with van der Waals surface area (Å²) in [6.45, 7) is 5.40. The van der Waals surface area contributed by atoms with Crippen molar-refractivity contribution in [1.82, 2.24) is 0 Å². The van der Waals surface area contributed by atoms with E-state index in [0.717, 1.165) is 18.3 Å². The van der Waals surface area contributed by atoms with E-state index in [2.05, 4.69) is 38.1 Å². The van der Waals surface area contributed by atoms with Gasteiger partial charge in [-0.3, -0.25) is 0 Å². The first-order valence-corrected chi connectivity index (χ1v) is 6.52. The zero-order valence-electron chi connectivity index (χ0n) is 10.4. The molecule has 1 unspecified atom stereocenters. The third kappa shape index (κ3) is 2.78. The molecule has 1 aliphatic rings. The molecular weight excluding hydrogens is 196 g/mol. The van der Waals surface area contributed by atoms with E-state index in [0.29, 0.717) is 5.92 Å². The number of rotatable bonds is 5. The topological polar surface area (TPSA) is 9.23 Å². The molecular formula is C15H22O. The van der Waals surface area contributed by atoms with Crippen molar-refractivity contribution in [2.24, 2.45) is 5.92 Å². The van der Waals surface area contributed by atoms with E-state index in [-0.39, 0.29) is 0 Å². The van der Waals surface area contributed by atoms with Gasteiger partial charge in [-0.1, -0.05) is 32.4 Å². The second-order valence-corrected chi connectivity index (χ2v) is 4.99. The summed E-state index contributed by atoms with van der Waals surface area (Å²) < 4.78 is 5.78. The van der Waals surface area contributed by atoms with E-state index in [9.17, 15) is 0 Å². The lowest BCUT2D eigenvalue weighted by atomic mass is 9.86. The Balaban J connectivity index is 1.85. The Morgan fingerprint density at radius 3 is 2.44 bits per heavy atom. The highest BCUT2D eigenvalue weighted by Gasteiger charge is 2.17. The van der Waals surface area contributed by atoms with Crippen LogP contribution in [0.2, 0.25) is 0 Å². The van der Waals surface area contributed by atoms with E-state index in [4.69, 9.17) is 4.74 Å². The van der Waals surface area contributed by atoms with Gasteiger partial charge in [0.1, 0.15) is 5.75 Å². The van der Waals surface area contributed by atoms with E-state index in [1.54, 1.807) is 0 Å². The largest absolute Gasteiger partial charge is 0.493 e. The molecule has 1 aromatic carbocycles. The molecule has 0 saturated heterocycles. The molecule has 0 radical (unpaired) electrons. The minimum Gasteiger partial charge on any atom is -0.493 e. The van der Waals surface area contributed by atoms with Gasteiger partial charge in [-0.05, 0) is 48.8 Å². The molecule has 0 spiro atoms. The van der Waals surface area contributed by atoms with E-state index in [1.165, 1.54) is 31.2 Å². The van der Waals surface area contributed by atoms with Crippen LogP contribution in [-0.4, -0.2) is 6.61 Å². The van der Waals surface area contributed by atoms with Crippen LogP contribution in [0.5, 0.6) is 5.75 Å². The SMILES string of the molecule is CCC(C)c1ccc(OCC2CCC2)cc1. The molecule has 0 heterocycles. The van der Waals surface area contributed by atoms with Crippen LogP contribution < -0.4 is 4.74 Å². The Kier molecular flexibility index (Phi) is 3.87. The molecule has 1 aliphatic carbocycles. The molecule has 88 valence electrons. The smallest absolute Gasteiger partial charge is 0.119 e. The first-order chi connectivity index (χ1) is 7.79. The summed E-state index contributed by atoms with van der Waals surface area (Å²) in [5.41, 5.74) is 1.42. The van der Waals surface area contributed by atoms with Gasteiger partial charge in [-0.15, -0.1) is 0 Å². The first kappa shape index (κ1) is 11.5. The fourth-order valence-electron chi connectivity index (χ4n) is 2.00. The molecule has 1 saturated carbocycles. The van der Waals surface area contributed by atoms with Gasteiger partial charge in [0.05, 0.1) is 6.61 Å². The fourth-order valence-corrected chi connectivity index (χ4v) is 2.00. The van der Waals surface area contributed by atoms with Crippen molar-refractivity contribution in [3.05, 3.63) is 29.8 Å². The second-order valence-electron chi connectivity index (χ2n) is 4.99. The Hall–Kier alpha value is -0.980. The number of benzene rings is 1. The Morgan fingerprint density at radius 2 is 1.94 bits per heavy atom. The summed E-state index contributed by atoms with van der Waals surface area (Å²) in [4.78, 5) is 0. The standard InChI is InChI=1S/C15H22O/c1-3-12(2)14-7-9-15(10-8-14)16-11-13-5-4-6-13/h7-10,12-13H,3-6,11H2,1-2H3. The van der Waals surface area contributed by atoms with Crippen LogP contribution in [0.15, 0.2) is 24.3 Å². The predicted octanol–water partition coefficient (Wildman–Crippen LogP) is 4.38. The highest BCUT2D eigenvalue weighted by molar-refractivity contribution is 5.29. The van der Waals surface area contributed by atoms with Gasteiger partial charge in [0.25, 0.3) is 0 Å². The monoisotopic (exact) mass is 218 g/mol. The van der Waals surface area contributed by atoms with Crippen LogP contribution in [0, 0.1) is 5.92 Å². The van der Waals surface area contributed by atoms with Crippen molar-refractivity contribution < 1.29 is 4.74 Å². The highest BCUT2D eigenvalue weighted by Crippen LogP contribution is 2.27. The average molecular weight is 218 g/mol. The van der Waals surface area contributed by atoms with Crippen LogP contribution in [0.3, 0.4) is 0 Å². The highest BCUT2D eigenvalue weighted by atomic mass is 16.5. The number of hydrogen-bond acceptors (Lipinski definition) is 1. The van der Waals surface area contributed by atoms with Crippen molar-refractivity contribution in [3.63, 3.8) is 0 Å². The third-order valence-electron chi connectivity index (χ3n) is 3.77. The third-order valence-corrected chi connectivity index (χ3v) is 3.77. The average Bonchev–Trinajstić information content (AvgIpc) is 2.27. The fraction of sp³-hybridized carbons (Fsp3) is 0.600. The minimum atomic E-state index is 0.653. The van der Waals surface area contributed by atoms with Gasteiger partial charge in [-0.2, -0.15) is 0 Å². The van der Waals surface area contributed by atoms with E-state index < -0.39 is 0 Å². The quantitative estimate of drug-likeness (QED) is 0.712. The van der Waals surface area contributed by atoms with Crippen molar-refractivity contribution in [1.29, 1.82) is 0 Å². The van der Waals surface area contributed by atoms with Crippen LogP contribution in [0.1, 0.15) is 51.0 Å². The summed E-state index contributed by atoms with van der Waals surface area (Å²) in [5.74, 6) is 2.49. The molecule has 1 heteroatoms. The number of ether oxygens (including phenoxy) is 1. The summed E-state index contributed by atoms with van der Waals surface area (Å²) >= 11 is 0. The molecule has 0 bridgehead atoms. The lowest BCUT2D eigenvalue weighted by molar-refractivity contribution is 0.180. The van der Waals surface area contributed by atoms with Crippen LogP contribution in [0.4, 0.5) is 0 Å². The van der Waals surface area contributed by atoms with Gasteiger partial charge in [0.2, 0.25) is 0 Å². The molecule has 16 heavy (non-hydrogen) atoms. The van der Waals surface area contributed by atoms with Gasteiger partial charge in [0, 0.05) is 0 Å². The molecule has 2 rings (SSSR count). The van der Waals surface area contributed by atoms with Gasteiger partial charge >= 0.3 is 0 Å². The summed E-state index contributed by atoms with van der Waals surface area (Å²) in [6, 6.07) is 8.62. The molecule has 1 fully saturated rings. The van der Waals surface area contributed by atoms with Crippen LogP contribution in [0.25, 0.3) is 0 Å². The van der Waals surface area contributed by atoms with Gasteiger partial charge in [0.15, 0.2) is 0 Å². The molecule has 1 nitrogen and oxygen atoms in total. The maximum Gasteiger partial charge on any atom is 0.119 e. The van der Waals surface area contributed by atoms with Gasteiger partial charge < -0.3 is 4.74 Å². The molecule has 0 aromatic heterocycles. The van der Waals surface area contributed by atoms with Crippen LogP contribution in [-0.2, 0) is 0 Å². The Bertz CT molecular complexity index is 311. The zero-order valence-corrected chi connectivity index (χ0v) is 10.4. The maximum absolute atomic E-state index is 5.78. The van der Waals surface area contributed by atoms with E-state index >= 15 is 0 Å². The summed E-state index contributed by atoms with van der Waals surface area (Å²) in [5, 5.41) is 0. The van der Waals surface area contributed by atoms with Crippen LogP contribution >= 0.6 is 0 Å². The first-order valence-electron chi connectivity index (χ1n) is 6.52. The van der Waals surface area contributed by atoms with Crippen molar-refractivity contribution in [2.75, 3.05) is 6.61 Å². The van der Waals surface area contributed by atoms with E-state index in [1.807, 2.05) is 0 Å². The minimum absolute atomic E-state index is 0.653. The van der Waals surface area contributed by atoms with Crippen molar-refractivity contribution >= 4 is 0 Å². The Morgan fingerprint density at radius 1 is 1.25 bits per heavy atom. The lowest BCUT2D eigenvalue weighted by Gasteiger charge is -2.25. The Labute approximate surface area is 98.8 Å². The summed E-state index contributed by atoms with van der Waals surface area (Å²) in [6.07, 6.45) is 5.29. The predicted molar refractivity (Wildman–Crippen MR) is 68.0 cm³/mol. The normalized spacial score (nSPS) is 17.9. The van der Waals surface area contributed by atoms with Crippen molar-refractivity contribution in [3.8, 4) is 5.75 Å². The molecule has 0 N–H and O–H groups in total. The maximum atomic E-state index is 5.78. The second kappa shape index (κ2) is 5.38. The summed E-state index contributed by atoms with van der Waals surface area (Å²) in [7, 11) is 0. The molecule has 1 atom stereocenters. The van der Waals surface area contributed by atoms with Crippen molar-refractivity contribution in [2.45, 2.75) is 45.4 Å². The number of hydrogen-bond donors (Lipinski definition) is 0. The van der Waals surface area contributed by atoms with Gasteiger partial charge in [-0.25, -0.2) is 0 Å².